The highest BCUT2D eigenvalue weighted by atomic mass is 16.4. The number of aliphatic hydroxyl groups excluding tert-OH is 8. The van der Waals surface area contributed by atoms with E-state index in [4.69, 9.17) is 40.9 Å². The van der Waals surface area contributed by atoms with Gasteiger partial charge in [-0.05, 0) is 0 Å². The second-order valence-corrected chi connectivity index (χ2v) is 3.63. The summed E-state index contributed by atoms with van der Waals surface area (Å²) in [5.74, 6) is 0. The molecule has 0 heterocycles. The molecule has 2 atom stereocenters. The molecule has 0 spiro atoms. The zero-order valence-electron chi connectivity index (χ0n) is 9.48. The van der Waals surface area contributed by atoms with Gasteiger partial charge in [0.25, 0.3) is 0 Å². The van der Waals surface area contributed by atoms with Gasteiger partial charge in [-0.1, -0.05) is 0 Å². The molecule has 17 heavy (non-hydrogen) atoms. The molecular formula is C9H22O8. The lowest BCUT2D eigenvalue weighted by Crippen LogP contribution is -2.37. The van der Waals surface area contributed by atoms with Crippen molar-refractivity contribution in [1.82, 2.24) is 0 Å². The third-order valence-electron chi connectivity index (χ3n) is 2.16. The highest BCUT2D eigenvalue weighted by Gasteiger charge is 2.26. The molecule has 106 valence electrons. The first kappa shape index (κ1) is 19.0. The lowest BCUT2D eigenvalue weighted by atomic mass is 9.93. The molecule has 8 heteroatoms. The molecule has 8 nitrogen and oxygen atoms in total. The van der Waals surface area contributed by atoms with Gasteiger partial charge in [0.15, 0.2) is 0 Å². The fourth-order valence-corrected chi connectivity index (χ4v) is 0.543. The van der Waals surface area contributed by atoms with Crippen LogP contribution in [0.5, 0.6) is 0 Å². The number of rotatable bonds is 7. The highest BCUT2D eigenvalue weighted by molar-refractivity contribution is 4.74. The summed E-state index contributed by atoms with van der Waals surface area (Å²) in [6.07, 6.45) is -2.44. The standard InChI is InChI=1S/C5H12O4.C4H10O4/c6-1-5(2-7,3-8)4-9;5-1-3(7)4(8)2-6/h6-9H,1-4H2;3-8H,1-2H2/t;3-,4-/m.1/s1. The Morgan fingerprint density at radius 3 is 0.882 bits per heavy atom. The average Bonchev–Trinajstić information content (AvgIpc) is 2.41. The molecule has 0 bridgehead atoms. The van der Waals surface area contributed by atoms with Crippen LogP contribution in [0.1, 0.15) is 0 Å². The Balaban J connectivity index is 0. The predicted octanol–water partition coefficient (Wildman–Crippen LogP) is -4.37. The molecule has 0 unspecified atom stereocenters. The first-order valence-electron chi connectivity index (χ1n) is 4.98. The van der Waals surface area contributed by atoms with E-state index in [-0.39, 0.29) is 0 Å². The van der Waals surface area contributed by atoms with Gasteiger partial charge in [0.2, 0.25) is 0 Å². The normalized spacial score (nSPS) is 14.8. The highest BCUT2D eigenvalue weighted by Crippen LogP contribution is 2.11. The minimum atomic E-state index is -1.22. The predicted molar refractivity (Wildman–Crippen MR) is 57.0 cm³/mol. The molecule has 0 fully saturated rings. The van der Waals surface area contributed by atoms with Crippen molar-refractivity contribution in [3.05, 3.63) is 0 Å². The van der Waals surface area contributed by atoms with E-state index in [0.717, 1.165) is 0 Å². The van der Waals surface area contributed by atoms with Gasteiger partial charge in [-0.2, -0.15) is 0 Å². The van der Waals surface area contributed by atoms with Crippen molar-refractivity contribution in [2.75, 3.05) is 39.6 Å². The van der Waals surface area contributed by atoms with Crippen molar-refractivity contribution in [3.63, 3.8) is 0 Å². The summed E-state index contributed by atoms with van der Waals surface area (Å²) in [6, 6.07) is 0. The molecule has 0 aromatic carbocycles. The van der Waals surface area contributed by atoms with Crippen LogP contribution in [-0.4, -0.2) is 92.7 Å². The second kappa shape index (κ2) is 10.8. The average molecular weight is 258 g/mol. The lowest BCUT2D eigenvalue weighted by molar-refractivity contribution is -0.0388. The van der Waals surface area contributed by atoms with E-state index in [0.29, 0.717) is 0 Å². The van der Waals surface area contributed by atoms with Crippen LogP contribution in [0.3, 0.4) is 0 Å². The number of hydrogen-bond acceptors (Lipinski definition) is 8. The van der Waals surface area contributed by atoms with Crippen LogP contribution in [0.2, 0.25) is 0 Å². The van der Waals surface area contributed by atoms with E-state index in [2.05, 4.69) is 0 Å². The summed E-state index contributed by atoms with van der Waals surface area (Å²) in [5.41, 5.74) is -1.11. The van der Waals surface area contributed by atoms with Crippen LogP contribution in [0, 0.1) is 5.41 Å². The Bertz CT molecular complexity index is 136. The third kappa shape index (κ3) is 7.58. The van der Waals surface area contributed by atoms with Gasteiger partial charge in [-0.15, -0.1) is 0 Å². The Labute approximate surface area is 99.0 Å². The molecule has 0 radical (unpaired) electrons. The summed E-state index contributed by atoms with van der Waals surface area (Å²) >= 11 is 0. The molecule has 0 saturated heterocycles. The van der Waals surface area contributed by atoms with E-state index in [1.807, 2.05) is 0 Å². The quantitative estimate of drug-likeness (QED) is 0.227. The van der Waals surface area contributed by atoms with E-state index in [1.165, 1.54) is 0 Å². The van der Waals surface area contributed by atoms with E-state index in [9.17, 15) is 0 Å². The monoisotopic (exact) mass is 258 g/mol. The van der Waals surface area contributed by atoms with Crippen LogP contribution < -0.4 is 0 Å². The van der Waals surface area contributed by atoms with Crippen LogP contribution in [0.15, 0.2) is 0 Å². The van der Waals surface area contributed by atoms with Gasteiger partial charge in [-0.25, -0.2) is 0 Å². The molecular weight excluding hydrogens is 236 g/mol. The van der Waals surface area contributed by atoms with Crippen molar-refractivity contribution in [3.8, 4) is 0 Å². The molecule has 0 saturated carbocycles. The zero-order chi connectivity index (χ0) is 13.9. The number of hydrogen-bond donors (Lipinski definition) is 8. The van der Waals surface area contributed by atoms with Crippen LogP contribution in [-0.2, 0) is 0 Å². The molecule has 8 N–H and O–H groups in total. The maximum atomic E-state index is 8.50. The Hall–Kier alpha value is -0.320. The van der Waals surface area contributed by atoms with Crippen LogP contribution in [0.25, 0.3) is 0 Å². The topological polar surface area (TPSA) is 162 Å². The van der Waals surface area contributed by atoms with E-state index < -0.39 is 57.3 Å². The van der Waals surface area contributed by atoms with E-state index in [1.54, 1.807) is 0 Å². The summed E-state index contributed by atoms with van der Waals surface area (Å²) in [6.45, 7) is -2.68. The lowest BCUT2D eigenvalue weighted by Gasteiger charge is -2.23. The largest absolute Gasteiger partial charge is 0.396 e. The van der Waals surface area contributed by atoms with Crippen molar-refractivity contribution < 1.29 is 40.9 Å². The second-order valence-electron chi connectivity index (χ2n) is 3.63. The molecule has 0 aliphatic rings. The molecule has 0 rings (SSSR count). The fraction of sp³-hybridized carbons (Fsp3) is 1.00. The summed E-state index contributed by atoms with van der Waals surface area (Å²) in [4.78, 5) is 0. The van der Waals surface area contributed by atoms with Crippen molar-refractivity contribution in [2.24, 2.45) is 5.41 Å². The Morgan fingerprint density at radius 2 is 0.824 bits per heavy atom. The molecule has 0 amide bonds. The minimum absolute atomic E-state index is 0.406. The molecule has 0 aliphatic carbocycles. The van der Waals surface area contributed by atoms with Gasteiger partial charge in [0.05, 0.1) is 45.1 Å². The summed E-state index contributed by atoms with van der Waals surface area (Å²) in [7, 11) is 0. The fourth-order valence-electron chi connectivity index (χ4n) is 0.543. The first-order valence-corrected chi connectivity index (χ1v) is 4.98. The first-order chi connectivity index (χ1) is 7.96. The van der Waals surface area contributed by atoms with Gasteiger partial charge in [0, 0.05) is 0 Å². The Kier molecular flexibility index (Phi) is 12.1. The third-order valence-corrected chi connectivity index (χ3v) is 2.16. The number of aliphatic hydroxyl groups is 8. The maximum absolute atomic E-state index is 8.50. The van der Waals surface area contributed by atoms with Crippen molar-refractivity contribution in [2.45, 2.75) is 12.2 Å². The van der Waals surface area contributed by atoms with Gasteiger partial charge in [0.1, 0.15) is 12.2 Å². The molecule has 0 aromatic heterocycles. The molecule has 0 aliphatic heterocycles. The maximum Gasteiger partial charge on any atom is 0.105 e. The zero-order valence-corrected chi connectivity index (χ0v) is 9.48. The van der Waals surface area contributed by atoms with Crippen LogP contribution >= 0.6 is 0 Å². The summed E-state index contributed by atoms with van der Waals surface area (Å²) < 4.78 is 0. The summed E-state index contributed by atoms with van der Waals surface area (Å²) in [5, 5.41) is 67.1. The minimum Gasteiger partial charge on any atom is -0.396 e. The van der Waals surface area contributed by atoms with Gasteiger partial charge >= 0.3 is 0 Å². The van der Waals surface area contributed by atoms with Gasteiger partial charge in [-0.3, -0.25) is 0 Å². The van der Waals surface area contributed by atoms with E-state index >= 15 is 0 Å². The van der Waals surface area contributed by atoms with Crippen molar-refractivity contribution in [1.29, 1.82) is 0 Å². The van der Waals surface area contributed by atoms with Crippen molar-refractivity contribution >= 4 is 0 Å². The SMILES string of the molecule is OCC(CO)(CO)CO.OC[C@@H](O)[C@H](O)CO. The Morgan fingerprint density at radius 1 is 0.588 bits per heavy atom. The van der Waals surface area contributed by atoms with Gasteiger partial charge < -0.3 is 40.9 Å². The van der Waals surface area contributed by atoms with Crippen LogP contribution in [0.4, 0.5) is 0 Å². The molecule has 0 aromatic rings. The smallest absolute Gasteiger partial charge is 0.105 e.